The first kappa shape index (κ1) is 49.0. The minimum absolute atomic E-state index is 0.0522. The van der Waals surface area contributed by atoms with Crippen molar-refractivity contribution in [1.29, 1.82) is 0 Å². The van der Waals surface area contributed by atoms with Crippen LogP contribution in [0.25, 0.3) is 11.3 Å². The summed E-state index contributed by atoms with van der Waals surface area (Å²) < 4.78 is 39.6. The third kappa shape index (κ3) is 10.8. The van der Waals surface area contributed by atoms with Gasteiger partial charge >= 0.3 is 6.03 Å². The lowest BCUT2D eigenvalue weighted by Crippen LogP contribution is -2.68. The number of hydrogen-bond acceptors (Lipinski definition) is 22. The number of amides is 2. The Bertz CT molecular complexity index is 2000. The number of aromatic nitrogens is 5. The third-order valence-electron chi connectivity index (χ3n) is 12.1. The van der Waals surface area contributed by atoms with Gasteiger partial charge in [-0.2, -0.15) is 0 Å². The molecule has 26 nitrogen and oxygen atoms in total. The number of benzene rings is 1. The molecule has 1 aromatic carbocycles. The number of ether oxygens (including phenoxy) is 6. The molecule has 20 N–H and O–H groups in total. The van der Waals surface area contributed by atoms with Gasteiger partial charge in [0.15, 0.2) is 25.1 Å². The Morgan fingerprint density at radius 3 is 2.09 bits per heavy atom. The van der Waals surface area contributed by atoms with E-state index in [0.29, 0.717) is 23.6 Å². The molecule has 1 aliphatic carbocycles. The summed E-state index contributed by atoms with van der Waals surface area (Å²) in [5.41, 5.74) is 39.2. The van der Waals surface area contributed by atoms with Crippen molar-refractivity contribution in [2.75, 3.05) is 25.0 Å². The van der Waals surface area contributed by atoms with Crippen molar-refractivity contribution in [2.24, 2.45) is 34.4 Å². The molecule has 4 aliphatic rings. The Balaban J connectivity index is 1.11. The molecule has 4 fully saturated rings. The second-order valence-electron chi connectivity index (χ2n) is 16.9. The lowest BCUT2D eigenvalue weighted by molar-refractivity contribution is -0.307. The van der Waals surface area contributed by atoms with E-state index >= 15 is 0 Å². The van der Waals surface area contributed by atoms with Crippen molar-refractivity contribution in [1.82, 2.24) is 29.9 Å². The van der Waals surface area contributed by atoms with Gasteiger partial charge < -0.3 is 109 Å². The summed E-state index contributed by atoms with van der Waals surface area (Å²) in [6.45, 7) is 2.39. The molecule has 5 heterocycles. The Morgan fingerprint density at radius 2 is 1.45 bits per heavy atom. The van der Waals surface area contributed by atoms with E-state index in [2.05, 4.69) is 25.9 Å². The van der Waals surface area contributed by atoms with Crippen molar-refractivity contribution in [2.45, 2.75) is 149 Å². The van der Waals surface area contributed by atoms with E-state index in [1.807, 2.05) is 13.0 Å². The highest BCUT2D eigenvalue weighted by molar-refractivity contribution is 5.90. The first-order chi connectivity index (χ1) is 31.1. The number of urea groups is 1. The van der Waals surface area contributed by atoms with Crippen LogP contribution in [-0.4, -0.2) is 191 Å². The van der Waals surface area contributed by atoms with Gasteiger partial charge in [0.1, 0.15) is 66.7 Å². The van der Waals surface area contributed by atoms with Gasteiger partial charge in [0.05, 0.1) is 43.0 Å². The van der Waals surface area contributed by atoms with Gasteiger partial charge in [-0.25, -0.2) is 14.5 Å². The molecule has 3 aromatic rings. The maximum atomic E-state index is 12.3. The molecule has 2 aromatic heterocycles. The normalized spacial score (nSPS) is 38.8. The van der Waals surface area contributed by atoms with Crippen molar-refractivity contribution >= 4 is 11.7 Å². The highest BCUT2D eigenvalue weighted by atomic mass is 16.8. The highest BCUT2D eigenvalue weighted by Crippen LogP contribution is 2.38. The van der Waals surface area contributed by atoms with E-state index < -0.39 is 116 Å². The lowest BCUT2D eigenvalue weighted by atomic mass is 9.84. The monoisotopic (exact) mass is 921 g/mol. The van der Waals surface area contributed by atoms with Gasteiger partial charge in [-0.3, -0.25) is 0 Å². The lowest BCUT2D eigenvalue weighted by Gasteiger charge is -2.47. The maximum absolute atomic E-state index is 12.3. The van der Waals surface area contributed by atoms with Crippen LogP contribution in [0.3, 0.4) is 0 Å². The molecule has 3 saturated heterocycles. The molecule has 19 atom stereocenters. The number of hydrogen-bond donors (Lipinski definition) is 14. The van der Waals surface area contributed by atoms with Crippen LogP contribution in [0.1, 0.15) is 38.1 Å². The van der Waals surface area contributed by atoms with Crippen LogP contribution in [0, 0.1) is 0 Å². The molecule has 3 aliphatic heterocycles. The number of nitrogens with one attached hydrogen (secondary N) is 2. The molecule has 0 bridgehead atoms. The van der Waals surface area contributed by atoms with Gasteiger partial charge in [0.25, 0.3) is 0 Å². The minimum Gasteiger partial charge on any atom is -0.389 e. The predicted molar refractivity (Wildman–Crippen MR) is 225 cm³/mol. The van der Waals surface area contributed by atoms with Crippen molar-refractivity contribution in [3.63, 3.8) is 0 Å². The van der Waals surface area contributed by atoms with Crippen molar-refractivity contribution < 1.29 is 63.9 Å². The van der Waals surface area contributed by atoms with Gasteiger partial charge in [-0.05, 0) is 25.0 Å². The largest absolute Gasteiger partial charge is 0.389 e. The summed E-state index contributed by atoms with van der Waals surface area (Å²) in [4.78, 5) is 16.9. The van der Waals surface area contributed by atoms with Crippen molar-refractivity contribution in [3.8, 4) is 11.3 Å². The van der Waals surface area contributed by atoms with Crippen LogP contribution < -0.4 is 45.0 Å². The highest BCUT2D eigenvalue weighted by Gasteiger charge is 2.55. The van der Waals surface area contributed by atoms with Crippen LogP contribution in [0.2, 0.25) is 0 Å². The zero-order chi connectivity index (χ0) is 46.7. The van der Waals surface area contributed by atoms with Gasteiger partial charge in [-0.1, -0.05) is 30.7 Å². The summed E-state index contributed by atoms with van der Waals surface area (Å²) in [5, 5.41) is 79.9. The summed E-state index contributed by atoms with van der Waals surface area (Å²) >= 11 is 0. The molecular formula is C39H63N13O13. The SMILES string of the molecule is CCCCNC(=O)Nc1cccc(-c2cn(Cc3cn([C@H]4O[C@@H](O[C@@H]5[C@@H](O)[C@H](N)C[C@H](N)[C@H]5O[C@H]5O[C@H](CN)[C@@H](O)[C@H](O)[C@H]5N)[C@H](O)[C@@H]4O[C@H]4O[C@@H](CN)[C@@H](O)[C@H](O)[C@H]4N)nn3)cn2)c1. The number of carbonyl (C=O) groups excluding carboxylic acids is 1. The maximum Gasteiger partial charge on any atom is 0.319 e. The number of carbonyl (C=O) groups is 1. The third-order valence-corrected chi connectivity index (χ3v) is 12.1. The fourth-order valence-corrected chi connectivity index (χ4v) is 8.31. The van der Waals surface area contributed by atoms with Crippen LogP contribution >= 0.6 is 0 Å². The topological polar surface area (TPSA) is 423 Å². The Morgan fingerprint density at radius 1 is 0.800 bits per heavy atom. The predicted octanol–water partition coefficient (Wildman–Crippen LogP) is -5.63. The number of imidazole rings is 1. The fraction of sp³-hybridized carbons (Fsp3) is 0.692. The quantitative estimate of drug-likeness (QED) is 0.0596. The Hall–Kier alpha value is -3.88. The summed E-state index contributed by atoms with van der Waals surface area (Å²) in [6, 6.07) is 2.50. The van der Waals surface area contributed by atoms with E-state index in [9.17, 15) is 35.4 Å². The minimum atomic E-state index is -1.71. The number of nitrogens with two attached hydrogens (primary N) is 6. The molecule has 0 spiro atoms. The van der Waals surface area contributed by atoms with Gasteiger partial charge in [0, 0.05) is 49.2 Å². The molecule has 0 radical (unpaired) electrons. The molecule has 7 rings (SSSR count). The van der Waals surface area contributed by atoms with E-state index in [-0.39, 0.29) is 32.1 Å². The number of rotatable bonds is 16. The zero-order valence-electron chi connectivity index (χ0n) is 35.7. The molecule has 362 valence electrons. The molecule has 0 unspecified atom stereocenters. The molecule has 26 heteroatoms. The number of nitrogens with zero attached hydrogens (tertiary/aromatic N) is 5. The van der Waals surface area contributed by atoms with Crippen LogP contribution in [0.15, 0.2) is 43.0 Å². The first-order valence-corrected chi connectivity index (χ1v) is 21.6. The first-order valence-electron chi connectivity index (χ1n) is 21.6. The van der Waals surface area contributed by atoms with Crippen LogP contribution in [0.4, 0.5) is 10.5 Å². The number of aliphatic hydroxyl groups excluding tert-OH is 6. The molecule has 1 saturated carbocycles. The number of anilines is 1. The average molecular weight is 922 g/mol. The fourth-order valence-electron chi connectivity index (χ4n) is 8.31. The van der Waals surface area contributed by atoms with Gasteiger partial charge in [0.2, 0.25) is 0 Å². The molecular weight excluding hydrogens is 859 g/mol. The van der Waals surface area contributed by atoms with Crippen molar-refractivity contribution in [3.05, 3.63) is 48.7 Å². The van der Waals surface area contributed by atoms with E-state index in [0.717, 1.165) is 18.4 Å². The second-order valence-corrected chi connectivity index (χ2v) is 16.9. The average Bonchev–Trinajstić information content (AvgIpc) is 4.04. The molecule has 2 amide bonds. The number of unbranched alkanes of at least 4 members (excludes halogenated alkanes) is 1. The smallest absolute Gasteiger partial charge is 0.319 e. The molecule has 65 heavy (non-hydrogen) atoms. The summed E-state index contributed by atoms with van der Waals surface area (Å²) in [6.07, 6.45) is -14.2. The Labute approximate surface area is 373 Å². The Kier molecular flexibility index (Phi) is 16.1. The van der Waals surface area contributed by atoms with E-state index in [1.165, 1.54) is 10.9 Å². The van der Waals surface area contributed by atoms with E-state index in [1.54, 1.807) is 35.3 Å². The van der Waals surface area contributed by atoms with Crippen LogP contribution in [-0.2, 0) is 35.0 Å². The number of aliphatic hydroxyl groups is 6. The van der Waals surface area contributed by atoms with E-state index in [4.69, 9.17) is 62.8 Å². The zero-order valence-corrected chi connectivity index (χ0v) is 35.7. The summed E-state index contributed by atoms with van der Waals surface area (Å²) in [7, 11) is 0. The van der Waals surface area contributed by atoms with Crippen LogP contribution in [0.5, 0.6) is 0 Å². The summed E-state index contributed by atoms with van der Waals surface area (Å²) in [5.74, 6) is 0. The standard InChI is InChI=1S/C39H63N13O13/c1-2-3-7-46-39(59)48-17-6-4-5-16(8-17)21-14-51(15-47-21)12-18-13-52(50-49-18)35-34(64-37-25(45)30(57)28(55)23(11-41)61-37)31(58)38(65-35)63-33-26(53)19(42)9-20(43)32(33)62-36-24(44)29(56)27(54)22(10-40)60-36/h4-6,8,13-15,19-20,22-38,53-58H,2-3,7,9-12,40-45H2,1H3,(H2,46,48,59)/t19-,20+,22-,23+,24-,25-,26+,27-,28-,29-,30-,31-,32-,33-,34+,35+,36-,37-,38-/m1/s1. The second kappa shape index (κ2) is 21.4. The van der Waals surface area contributed by atoms with Gasteiger partial charge in [-0.15, -0.1) is 5.10 Å².